The second-order valence-corrected chi connectivity index (χ2v) is 5.48. The molecule has 0 saturated heterocycles. The predicted molar refractivity (Wildman–Crippen MR) is 78.4 cm³/mol. The minimum absolute atomic E-state index is 0.343. The average Bonchev–Trinajstić information content (AvgIpc) is 2.52. The molecule has 0 unspecified atom stereocenters. The standard InChI is InChI=1S/C16H15N3O3/c20-11-17-15(10-14-4-2-1-3-5-14)6-8-16(9-7-15,18-12-21)19-13-22/h1-5H,6-10H2. The minimum atomic E-state index is -1.11. The van der Waals surface area contributed by atoms with Crippen molar-refractivity contribution >= 4 is 18.2 Å². The number of hydrogen-bond donors (Lipinski definition) is 0. The zero-order valence-electron chi connectivity index (χ0n) is 12.0. The van der Waals surface area contributed by atoms with E-state index in [1.54, 1.807) is 6.08 Å². The molecule has 0 aromatic heterocycles. The Balaban J connectivity index is 2.24. The molecular weight excluding hydrogens is 282 g/mol. The van der Waals surface area contributed by atoms with Crippen molar-refractivity contribution in [3.63, 3.8) is 0 Å². The van der Waals surface area contributed by atoms with Gasteiger partial charge in [-0.25, -0.2) is 14.4 Å². The molecule has 0 radical (unpaired) electrons. The van der Waals surface area contributed by atoms with E-state index in [9.17, 15) is 14.4 Å². The Kier molecular flexibility index (Phi) is 4.92. The zero-order chi connectivity index (χ0) is 15.9. The molecule has 0 N–H and O–H groups in total. The third kappa shape index (κ3) is 3.51. The second kappa shape index (κ2) is 6.88. The summed E-state index contributed by atoms with van der Waals surface area (Å²) in [5.74, 6) is 0. The summed E-state index contributed by atoms with van der Waals surface area (Å²) in [6.07, 6.45) is 6.82. The molecule has 22 heavy (non-hydrogen) atoms. The molecule has 1 aliphatic rings. The molecular formula is C16H15N3O3. The van der Waals surface area contributed by atoms with Crippen LogP contribution >= 0.6 is 0 Å². The van der Waals surface area contributed by atoms with Crippen molar-refractivity contribution in [2.75, 3.05) is 0 Å². The van der Waals surface area contributed by atoms with Crippen LogP contribution in [0.15, 0.2) is 45.3 Å². The Bertz CT molecular complexity index is 639. The van der Waals surface area contributed by atoms with Gasteiger partial charge in [0.2, 0.25) is 18.2 Å². The van der Waals surface area contributed by atoms with Crippen LogP contribution < -0.4 is 0 Å². The van der Waals surface area contributed by atoms with Crippen molar-refractivity contribution in [1.29, 1.82) is 0 Å². The molecule has 1 saturated carbocycles. The Morgan fingerprint density at radius 1 is 0.818 bits per heavy atom. The first-order valence-electron chi connectivity index (χ1n) is 6.99. The van der Waals surface area contributed by atoms with Crippen LogP contribution in [-0.4, -0.2) is 29.4 Å². The minimum Gasteiger partial charge on any atom is -0.211 e. The van der Waals surface area contributed by atoms with E-state index in [1.165, 1.54) is 12.2 Å². The van der Waals surface area contributed by atoms with E-state index in [0.717, 1.165) is 5.56 Å². The number of nitrogens with zero attached hydrogens (tertiary/aromatic N) is 3. The van der Waals surface area contributed by atoms with E-state index in [0.29, 0.717) is 32.1 Å². The van der Waals surface area contributed by atoms with Crippen LogP contribution in [0, 0.1) is 0 Å². The SMILES string of the molecule is O=C=NC1(Cc2ccccc2)CCC(N=C=O)(N=C=O)CC1. The molecule has 6 heteroatoms. The highest BCUT2D eigenvalue weighted by atomic mass is 16.1. The van der Waals surface area contributed by atoms with Gasteiger partial charge >= 0.3 is 0 Å². The maximum Gasteiger partial charge on any atom is 0.237 e. The average molecular weight is 297 g/mol. The van der Waals surface area contributed by atoms with Crippen LogP contribution in [0.3, 0.4) is 0 Å². The predicted octanol–water partition coefficient (Wildman–Crippen LogP) is 2.25. The first-order chi connectivity index (χ1) is 10.7. The molecule has 112 valence electrons. The van der Waals surface area contributed by atoms with E-state index in [1.807, 2.05) is 30.3 Å². The smallest absolute Gasteiger partial charge is 0.211 e. The second-order valence-electron chi connectivity index (χ2n) is 5.48. The zero-order valence-corrected chi connectivity index (χ0v) is 12.0. The summed E-state index contributed by atoms with van der Waals surface area (Å²) >= 11 is 0. The fraction of sp³-hybridized carbons (Fsp3) is 0.438. The van der Waals surface area contributed by atoms with Gasteiger partial charge in [0, 0.05) is 0 Å². The molecule has 2 rings (SSSR count). The Labute approximate surface area is 127 Å². The molecule has 0 bridgehead atoms. The number of isocyanates is 3. The molecule has 0 amide bonds. The van der Waals surface area contributed by atoms with Crippen molar-refractivity contribution in [1.82, 2.24) is 0 Å². The lowest BCUT2D eigenvalue weighted by Gasteiger charge is -2.38. The number of aliphatic imine (C=N–C) groups is 3. The maximum absolute atomic E-state index is 10.8. The largest absolute Gasteiger partial charge is 0.237 e. The summed E-state index contributed by atoms with van der Waals surface area (Å²) < 4.78 is 0. The first-order valence-corrected chi connectivity index (χ1v) is 6.99. The normalized spacial score (nSPS) is 26.9. The highest BCUT2D eigenvalue weighted by Gasteiger charge is 2.43. The lowest BCUT2D eigenvalue weighted by atomic mass is 9.74. The quantitative estimate of drug-likeness (QED) is 0.616. The van der Waals surface area contributed by atoms with Crippen molar-refractivity contribution in [3.05, 3.63) is 35.9 Å². The van der Waals surface area contributed by atoms with Crippen LogP contribution in [0.2, 0.25) is 0 Å². The highest BCUT2D eigenvalue weighted by molar-refractivity contribution is 5.40. The summed E-state index contributed by atoms with van der Waals surface area (Å²) in [6, 6.07) is 9.71. The summed E-state index contributed by atoms with van der Waals surface area (Å²) in [5, 5.41) is 0. The highest BCUT2D eigenvalue weighted by Crippen LogP contribution is 2.41. The molecule has 1 aromatic carbocycles. The van der Waals surface area contributed by atoms with E-state index in [-0.39, 0.29) is 0 Å². The van der Waals surface area contributed by atoms with Crippen LogP contribution in [0.4, 0.5) is 0 Å². The van der Waals surface area contributed by atoms with E-state index >= 15 is 0 Å². The van der Waals surface area contributed by atoms with Gasteiger partial charge in [-0.15, -0.1) is 0 Å². The van der Waals surface area contributed by atoms with Crippen LogP contribution in [-0.2, 0) is 20.8 Å². The summed E-state index contributed by atoms with van der Waals surface area (Å²) in [5.41, 5.74) is -0.641. The summed E-state index contributed by atoms with van der Waals surface area (Å²) in [6.45, 7) is 0. The summed E-state index contributed by atoms with van der Waals surface area (Å²) in [4.78, 5) is 43.3. The Hall–Kier alpha value is -2.64. The van der Waals surface area contributed by atoms with Gasteiger partial charge in [-0.1, -0.05) is 30.3 Å². The summed E-state index contributed by atoms with van der Waals surface area (Å²) in [7, 11) is 0. The maximum atomic E-state index is 10.8. The molecule has 0 spiro atoms. The molecule has 1 aromatic rings. The molecule has 0 aliphatic heterocycles. The van der Waals surface area contributed by atoms with E-state index in [4.69, 9.17) is 0 Å². The van der Waals surface area contributed by atoms with Gasteiger partial charge in [0.1, 0.15) is 0 Å². The Morgan fingerprint density at radius 3 is 1.86 bits per heavy atom. The molecule has 0 atom stereocenters. The van der Waals surface area contributed by atoms with E-state index in [2.05, 4.69) is 15.0 Å². The van der Waals surface area contributed by atoms with Crippen LogP contribution in [0.25, 0.3) is 0 Å². The van der Waals surface area contributed by atoms with Gasteiger partial charge in [-0.3, -0.25) is 0 Å². The van der Waals surface area contributed by atoms with Crippen molar-refractivity contribution in [2.24, 2.45) is 15.0 Å². The van der Waals surface area contributed by atoms with Gasteiger partial charge in [0.25, 0.3) is 0 Å². The third-order valence-corrected chi connectivity index (χ3v) is 4.15. The number of rotatable bonds is 5. The van der Waals surface area contributed by atoms with Gasteiger partial charge < -0.3 is 0 Å². The molecule has 1 fully saturated rings. The van der Waals surface area contributed by atoms with Crippen molar-refractivity contribution < 1.29 is 14.4 Å². The van der Waals surface area contributed by atoms with Crippen molar-refractivity contribution in [2.45, 2.75) is 43.3 Å². The van der Waals surface area contributed by atoms with E-state index < -0.39 is 11.2 Å². The lowest BCUT2D eigenvalue weighted by Crippen LogP contribution is -2.41. The number of benzene rings is 1. The van der Waals surface area contributed by atoms with Crippen molar-refractivity contribution in [3.8, 4) is 0 Å². The molecule has 6 nitrogen and oxygen atoms in total. The fourth-order valence-corrected chi connectivity index (χ4v) is 2.94. The van der Waals surface area contributed by atoms with Gasteiger partial charge in [0.15, 0.2) is 5.66 Å². The fourth-order valence-electron chi connectivity index (χ4n) is 2.94. The first kappa shape index (κ1) is 15.7. The topological polar surface area (TPSA) is 88.3 Å². The van der Waals surface area contributed by atoms with Gasteiger partial charge in [0.05, 0.1) is 5.54 Å². The van der Waals surface area contributed by atoms with Crippen LogP contribution in [0.5, 0.6) is 0 Å². The van der Waals surface area contributed by atoms with Gasteiger partial charge in [-0.2, -0.15) is 15.0 Å². The third-order valence-electron chi connectivity index (χ3n) is 4.15. The Morgan fingerprint density at radius 2 is 1.36 bits per heavy atom. The van der Waals surface area contributed by atoms with Crippen LogP contribution in [0.1, 0.15) is 31.2 Å². The number of hydrogen-bond acceptors (Lipinski definition) is 6. The lowest BCUT2D eigenvalue weighted by molar-refractivity contribution is 0.209. The monoisotopic (exact) mass is 297 g/mol. The molecule has 0 heterocycles. The van der Waals surface area contributed by atoms with Gasteiger partial charge in [-0.05, 0) is 37.7 Å². The molecule has 1 aliphatic carbocycles. The number of carbonyl (C=O) groups excluding carboxylic acids is 3.